The lowest BCUT2D eigenvalue weighted by molar-refractivity contribution is -0.184. The van der Waals surface area contributed by atoms with Crippen LogP contribution in [0.5, 0.6) is 0 Å². The van der Waals surface area contributed by atoms with Gasteiger partial charge >= 0.3 is 6.18 Å². The maximum absolute atomic E-state index is 12.6. The summed E-state index contributed by atoms with van der Waals surface area (Å²) in [7, 11) is 0. The van der Waals surface area contributed by atoms with Crippen molar-refractivity contribution in [2.75, 3.05) is 13.1 Å². The van der Waals surface area contributed by atoms with Gasteiger partial charge in [-0.15, -0.1) is 0 Å². The lowest BCUT2D eigenvalue weighted by Crippen LogP contribution is -2.57. The van der Waals surface area contributed by atoms with Crippen LogP contribution in [0.2, 0.25) is 0 Å². The second-order valence-corrected chi connectivity index (χ2v) is 6.78. The number of nitrogens with zero attached hydrogens (tertiary/aromatic N) is 1. The zero-order chi connectivity index (χ0) is 17.3. The third-order valence-corrected chi connectivity index (χ3v) is 5.06. The van der Waals surface area contributed by atoms with E-state index in [9.17, 15) is 27.9 Å². The average molecular weight is 336 g/mol. The van der Waals surface area contributed by atoms with E-state index in [0.29, 0.717) is 25.8 Å². The maximum Gasteiger partial charge on any atom is 0.391 e. The molecule has 8 heteroatoms. The van der Waals surface area contributed by atoms with Crippen LogP contribution >= 0.6 is 0 Å². The Morgan fingerprint density at radius 3 is 2.35 bits per heavy atom. The van der Waals surface area contributed by atoms with Gasteiger partial charge in [0.2, 0.25) is 5.91 Å². The van der Waals surface area contributed by atoms with E-state index in [4.69, 9.17) is 5.73 Å². The molecule has 0 aromatic rings. The first-order valence-electron chi connectivity index (χ1n) is 7.98. The van der Waals surface area contributed by atoms with E-state index in [1.165, 1.54) is 4.90 Å². The van der Waals surface area contributed by atoms with Crippen molar-refractivity contribution in [3.05, 3.63) is 0 Å². The summed E-state index contributed by atoms with van der Waals surface area (Å²) in [6, 6.07) is 0. The predicted octanol–water partition coefficient (Wildman–Crippen LogP) is 1.58. The topological polar surface area (TPSA) is 83.6 Å². The number of hydrogen-bond acceptors (Lipinski definition) is 3. The summed E-state index contributed by atoms with van der Waals surface area (Å²) in [5, 5.41) is 10.1. The highest BCUT2D eigenvalue weighted by atomic mass is 19.4. The van der Waals surface area contributed by atoms with E-state index in [-0.39, 0.29) is 44.1 Å². The van der Waals surface area contributed by atoms with Crippen molar-refractivity contribution < 1.29 is 27.9 Å². The lowest BCUT2D eigenvalue weighted by atomic mass is 9.80. The zero-order valence-corrected chi connectivity index (χ0v) is 12.9. The van der Waals surface area contributed by atoms with Crippen LogP contribution in [0.15, 0.2) is 0 Å². The molecule has 2 amide bonds. The number of carbonyl (C=O) groups is 2. The molecule has 0 spiro atoms. The van der Waals surface area contributed by atoms with Gasteiger partial charge in [-0.05, 0) is 44.4 Å². The van der Waals surface area contributed by atoms with E-state index in [0.717, 1.165) is 0 Å². The van der Waals surface area contributed by atoms with Gasteiger partial charge in [0.1, 0.15) is 0 Å². The molecular weight excluding hydrogens is 313 g/mol. The lowest BCUT2D eigenvalue weighted by Gasteiger charge is -2.38. The number of piperidine rings is 1. The van der Waals surface area contributed by atoms with E-state index < -0.39 is 23.6 Å². The molecule has 0 aromatic carbocycles. The highest BCUT2D eigenvalue weighted by molar-refractivity contribution is 5.85. The highest BCUT2D eigenvalue weighted by Crippen LogP contribution is 2.40. The van der Waals surface area contributed by atoms with Gasteiger partial charge in [0.15, 0.2) is 5.60 Å². The molecule has 3 N–H and O–H groups in total. The Kier molecular flexibility index (Phi) is 5.23. The number of nitrogens with two attached hydrogens (primary N) is 1. The van der Waals surface area contributed by atoms with Crippen LogP contribution in [0.25, 0.3) is 0 Å². The van der Waals surface area contributed by atoms with Gasteiger partial charge in [-0.25, -0.2) is 0 Å². The van der Waals surface area contributed by atoms with Crippen LogP contribution in [-0.4, -0.2) is 46.7 Å². The minimum absolute atomic E-state index is 0.0622. The van der Waals surface area contributed by atoms with Crippen LogP contribution < -0.4 is 5.73 Å². The molecule has 1 saturated carbocycles. The van der Waals surface area contributed by atoms with Gasteiger partial charge in [0, 0.05) is 13.0 Å². The first kappa shape index (κ1) is 18.0. The van der Waals surface area contributed by atoms with Crippen LogP contribution in [0, 0.1) is 11.8 Å². The van der Waals surface area contributed by atoms with Gasteiger partial charge < -0.3 is 15.7 Å². The van der Waals surface area contributed by atoms with Crippen molar-refractivity contribution in [2.24, 2.45) is 17.6 Å². The molecule has 0 radical (unpaired) electrons. The number of aliphatic hydroxyl groups is 1. The Hall–Kier alpha value is -1.31. The molecule has 0 aromatic heterocycles. The summed E-state index contributed by atoms with van der Waals surface area (Å²) < 4.78 is 37.9. The summed E-state index contributed by atoms with van der Waals surface area (Å²) in [4.78, 5) is 25.0. The first-order chi connectivity index (χ1) is 10.6. The molecule has 23 heavy (non-hydrogen) atoms. The molecule has 2 aliphatic rings. The number of likely N-dealkylation sites (tertiary alicyclic amines) is 1. The monoisotopic (exact) mass is 336 g/mol. The third kappa shape index (κ3) is 4.37. The van der Waals surface area contributed by atoms with Crippen LogP contribution in [0.1, 0.15) is 44.9 Å². The zero-order valence-electron chi connectivity index (χ0n) is 12.9. The summed E-state index contributed by atoms with van der Waals surface area (Å²) in [6.45, 7) is 0.311. The average Bonchev–Trinajstić information content (AvgIpc) is 2.46. The summed E-state index contributed by atoms with van der Waals surface area (Å²) in [6.07, 6.45) is -2.40. The number of hydrogen-bond donors (Lipinski definition) is 2. The number of amides is 2. The molecule has 5 nitrogen and oxygen atoms in total. The summed E-state index contributed by atoms with van der Waals surface area (Å²) in [5.41, 5.74) is 3.48. The highest BCUT2D eigenvalue weighted by Gasteiger charge is 2.43. The molecule has 2 rings (SSSR count). The Morgan fingerprint density at radius 1 is 1.22 bits per heavy atom. The fraction of sp³-hybridized carbons (Fsp3) is 0.867. The van der Waals surface area contributed by atoms with Crippen molar-refractivity contribution >= 4 is 11.8 Å². The second kappa shape index (κ2) is 6.67. The summed E-state index contributed by atoms with van der Waals surface area (Å²) >= 11 is 0. The second-order valence-electron chi connectivity index (χ2n) is 6.78. The number of halogens is 3. The molecule has 132 valence electrons. The van der Waals surface area contributed by atoms with Gasteiger partial charge in [-0.3, -0.25) is 9.59 Å². The smallest absolute Gasteiger partial charge is 0.378 e. The Morgan fingerprint density at radius 2 is 1.83 bits per heavy atom. The minimum Gasteiger partial charge on any atom is -0.378 e. The Balaban J connectivity index is 1.85. The van der Waals surface area contributed by atoms with Crippen LogP contribution in [-0.2, 0) is 9.59 Å². The van der Waals surface area contributed by atoms with E-state index in [2.05, 4.69) is 0 Å². The number of primary amides is 1. The van der Waals surface area contributed by atoms with Crippen molar-refractivity contribution in [2.45, 2.75) is 56.7 Å². The van der Waals surface area contributed by atoms with Gasteiger partial charge in [0.25, 0.3) is 5.91 Å². The van der Waals surface area contributed by atoms with Gasteiger partial charge in [-0.2, -0.15) is 13.2 Å². The predicted molar refractivity (Wildman–Crippen MR) is 76.1 cm³/mol. The number of carbonyl (C=O) groups excluding carboxylic acids is 2. The molecule has 1 heterocycles. The molecule has 2 fully saturated rings. The fourth-order valence-electron chi connectivity index (χ4n) is 3.52. The van der Waals surface area contributed by atoms with Gasteiger partial charge in [0.05, 0.1) is 12.5 Å². The van der Waals surface area contributed by atoms with Crippen LogP contribution in [0.4, 0.5) is 13.2 Å². The minimum atomic E-state index is -4.15. The number of β-amino-alcohol motifs (C(OH)–C–C–N with tert-alkyl or cyclic N) is 1. The quantitative estimate of drug-likeness (QED) is 0.821. The normalized spacial score (nSPS) is 32.6. The number of alkyl halides is 3. The third-order valence-electron chi connectivity index (χ3n) is 5.06. The first-order valence-corrected chi connectivity index (χ1v) is 7.98. The molecule has 1 unspecified atom stereocenters. The molecule has 1 atom stereocenters. The molecule has 0 bridgehead atoms. The van der Waals surface area contributed by atoms with Gasteiger partial charge in [-0.1, -0.05) is 0 Å². The van der Waals surface area contributed by atoms with Crippen LogP contribution in [0.3, 0.4) is 0 Å². The SMILES string of the molecule is NC(=O)C1(O)CCCN(C(=O)CC2CCC(C(F)(F)F)CC2)C1. The maximum atomic E-state index is 12.6. The summed E-state index contributed by atoms with van der Waals surface area (Å²) in [5.74, 6) is -2.39. The standard InChI is InChI=1S/C15H23F3N2O3/c16-15(17,18)11-4-2-10(3-5-11)8-12(21)20-7-1-6-14(23,9-20)13(19)22/h10-11,23H,1-9H2,(H2,19,22). The Labute approximate surface area is 133 Å². The van der Waals surface area contributed by atoms with E-state index in [1.54, 1.807) is 0 Å². The number of rotatable bonds is 3. The van der Waals surface area contributed by atoms with Crippen molar-refractivity contribution in [1.29, 1.82) is 0 Å². The molecule has 1 aliphatic heterocycles. The van der Waals surface area contributed by atoms with Crippen molar-refractivity contribution in [3.63, 3.8) is 0 Å². The van der Waals surface area contributed by atoms with Crippen molar-refractivity contribution in [1.82, 2.24) is 4.90 Å². The fourth-order valence-corrected chi connectivity index (χ4v) is 3.52. The van der Waals surface area contributed by atoms with Crippen molar-refractivity contribution in [3.8, 4) is 0 Å². The van der Waals surface area contributed by atoms with E-state index in [1.807, 2.05) is 0 Å². The Bertz CT molecular complexity index is 461. The largest absolute Gasteiger partial charge is 0.391 e. The molecular formula is C15H23F3N2O3. The van der Waals surface area contributed by atoms with E-state index >= 15 is 0 Å². The molecule has 1 aliphatic carbocycles. The molecule has 1 saturated heterocycles.